The highest BCUT2D eigenvalue weighted by Crippen LogP contribution is 2.36. The second-order valence-electron chi connectivity index (χ2n) is 5.48. The number of benzene rings is 1. The summed E-state index contributed by atoms with van der Waals surface area (Å²) in [7, 11) is 0. The summed E-state index contributed by atoms with van der Waals surface area (Å²) in [5.74, 6) is 0.106. The first kappa shape index (κ1) is 13.0. The molecule has 1 saturated carbocycles. The average molecular weight is 323 g/mol. The number of nitrogens with one attached hydrogen (secondary N) is 1. The first-order valence-electron chi connectivity index (χ1n) is 7.10. The molecule has 0 spiro atoms. The Morgan fingerprint density at radius 1 is 1.16 bits per heavy atom. The highest BCUT2D eigenvalue weighted by molar-refractivity contribution is 9.10. The fourth-order valence-electron chi connectivity index (χ4n) is 3.18. The number of fused-ring (bicyclic) bond motifs is 1. The molecule has 1 amide bonds. The summed E-state index contributed by atoms with van der Waals surface area (Å²) in [4.78, 5) is 14.2. The number of amides is 1. The van der Waals surface area contributed by atoms with Crippen LogP contribution in [0.2, 0.25) is 0 Å². The van der Waals surface area contributed by atoms with Gasteiger partial charge in [0, 0.05) is 10.5 Å². The Labute approximate surface area is 122 Å². The number of halogens is 1. The number of hydrogen-bond donors (Lipinski definition) is 1. The maximum Gasteiger partial charge on any atom is 0.243 e. The maximum absolute atomic E-state index is 11.9. The molecule has 3 nitrogen and oxygen atoms in total. The Morgan fingerprint density at radius 2 is 1.89 bits per heavy atom. The molecule has 1 N–H and O–H groups in total. The lowest BCUT2D eigenvalue weighted by Gasteiger charge is -2.37. The number of carbonyl (C=O) groups is 1. The monoisotopic (exact) mass is 322 g/mol. The van der Waals surface area contributed by atoms with Crippen molar-refractivity contribution in [3.05, 3.63) is 22.7 Å². The Morgan fingerprint density at radius 3 is 2.63 bits per heavy atom. The Balaban J connectivity index is 1.91. The second kappa shape index (κ2) is 5.53. The lowest BCUT2D eigenvalue weighted by molar-refractivity contribution is -0.115. The van der Waals surface area contributed by atoms with E-state index in [2.05, 4.69) is 38.3 Å². The van der Waals surface area contributed by atoms with Crippen LogP contribution in [0.25, 0.3) is 0 Å². The molecule has 1 aromatic carbocycles. The number of hydrogen-bond acceptors (Lipinski definition) is 2. The minimum absolute atomic E-state index is 0.106. The minimum atomic E-state index is 0.106. The molecule has 0 bridgehead atoms. The molecule has 2 aliphatic rings. The van der Waals surface area contributed by atoms with Crippen molar-refractivity contribution in [1.29, 1.82) is 0 Å². The average Bonchev–Trinajstić information content (AvgIpc) is 2.65. The van der Waals surface area contributed by atoms with Crippen molar-refractivity contribution in [3.8, 4) is 0 Å². The molecule has 1 aliphatic heterocycles. The molecule has 1 heterocycles. The van der Waals surface area contributed by atoms with Gasteiger partial charge in [-0.15, -0.1) is 0 Å². The van der Waals surface area contributed by atoms with E-state index in [0.717, 1.165) is 10.2 Å². The van der Waals surface area contributed by atoms with Crippen LogP contribution in [0.5, 0.6) is 0 Å². The van der Waals surface area contributed by atoms with Crippen molar-refractivity contribution in [2.45, 2.75) is 44.6 Å². The first-order valence-corrected chi connectivity index (χ1v) is 7.89. The van der Waals surface area contributed by atoms with Crippen molar-refractivity contribution >= 4 is 33.2 Å². The molecule has 0 aromatic heterocycles. The largest absolute Gasteiger partial charge is 0.358 e. The number of carbonyl (C=O) groups excluding carboxylic acids is 1. The Kier molecular flexibility index (Phi) is 3.78. The Hall–Kier alpha value is -1.03. The third kappa shape index (κ3) is 2.78. The van der Waals surface area contributed by atoms with Gasteiger partial charge >= 0.3 is 0 Å². The molecule has 102 valence electrons. The van der Waals surface area contributed by atoms with Gasteiger partial charge in [0.25, 0.3) is 0 Å². The van der Waals surface area contributed by atoms with Crippen molar-refractivity contribution in [3.63, 3.8) is 0 Å². The van der Waals surface area contributed by atoms with Gasteiger partial charge in [-0.2, -0.15) is 0 Å². The molecule has 19 heavy (non-hydrogen) atoms. The van der Waals surface area contributed by atoms with Crippen molar-refractivity contribution in [2.24, 2.45) is 0 Å². The zero-order chi connectivity index (χ0) is 13.2. The summed E-state index contributed by atoms with van der Waals surface area (Å²) in [6.07, 6.45) is 7.67. The molecular formula is C15H19BrN2O. The number of anilines is 2. The normalized spacial score (nSPS) is 20.7. The molecule has 0 atom stereocenters. The molecule has 0 radical (unpaired) electrons. The van der Waals surface area contributed by atoms with Crippen LogP contribution in [0, 0.1) is 0 Å². The van der Waals surface area contributed by atoms with Gasteiger partial charge < -0.3 is 10.2 Å². The van der Waals surface area contributed by atoms with Gasteiger partial charge in [-0.25, -0.2) is 0 Å². The van der Waals surface area contributed by atoms with Crippen LogP contribution in [0.3, 0.4) is 0 Å². The van der Waals surface area contributed by atoms with E-state index in [0.29, 0.717) is 12.6 Å². The molecule has 3 rings (SSSR count). The van der Waals surface area contributed by atoms with Gasteiger partial charge in [-0.05, 0) is 31.0 Å². The summed E-state index contributed by atoms with van der Waals surface area (Å²) in [5, 5.41) is 2.97. The van der Waals surface area contributed by atoms with Gasteiger partial charge in [0.1, 0.15) is 0 Å². The molecular weight excluding hydrogens is 304 g/mol. The Bertz CT molecular complexity index is 481. The molecule has 4 heteroatoms. The number of rotatable bonds is 1. The third-order valence-corrected chi connectivity index (χ3v) is 4.61. The zero-order valence-electron chi connectivity index (χ0n) is 11.0. The van der Waals surface area contributed by atoms with Crippen molar-refractivity contribution in [2.75, 3.05) is 16.8 Å². The van der Waals surface area contributed by atoms with Crippen LogP contribution in [0.1, 0.15) is 38.5 Å². The van der Waals surface area contributed by atoms with E-state index in [9.17, 15) is 4.79 Å². The lowest BCUT2D eigenvalue weighted by atomic mass is 10.0. The highest BCUT2D eigenvalue weighted by Gasteiger charge is 2.28. The lowest BCUT2D eigenvalue weighted by Crippen LogP contribution is -2.44. The van der Waals surface area contributed by atoms with Gasteiger partial charge in [-0.3, -0.25) is 4.79 Å². The van der Waals surface area contributed by atoms with E-state index >= 15 is 0 Å². The summed E-state index contributed by atoms with van der Waals surface area (Å²) in [6, 6.07) is 6.69. The van der Waals surface area contributed by atoms with Gasteiger partial charge in [-0.1, -0.05) is 41.6 Å². The van der Waals surface area contributed by atoms with Gasteiger partial charge in [0.15, 0.2) is 0 Å². The van der Waals surface area contributed by atoms with Crippen LogP contribution in [0.15, 0.2) is 22.7 Å². The van der Waals surface area contributed by atoms with Crippen molar-refractivity contribution in [1.82, 2.24) is 0 Å². The molecule has 1 aromatic rings. The zero-order valence-corrected chi connectivity index (χ0v) is 12.6. The van der Waals surface area contributed by atoms with Crippen LogP contribution in [0.4, 0.5) is 11.4 Å². The number of nitrogens with zero attached hydrogens (tertiary/aromatic N) is 1. The summed E-state index contributed by atoms with van der Waals surface area (Å²) in [6.45, 7) is 0.499. The van der Waals surface area contributed by atoms with Crippen LogP contribution in [-0.4, -0.2) is 18.5 Å². The first-order chi connectivity index (χ1) is 9.24. The van der Waals surface area contributed by atoms with E-state index in [-0.39, 0.29) is 5.91 Å². The molecule has 0 saturated heterocycles. The predicted octanol–water partition coefficient (Wildman–Crippen LogP) is 3.93. The van der Waals surface area contributed by atoms with Crippen LogP contribution >= 0.6 is 15.9 Å². The summed E-state index contributed by atoms with van der Waals surface area (Å²) < 4.78 is 1.01. The van der Waals surface area contributed by atoms with Crippen molar-refractivity contribution < 1.29 is 4.79 Å². The van der Waals surface area contributed by atoms with E-state index < -0.39 is 0 Å². The smallest absolute Gasteiger partial charge is 0.243 e. The fraction of sp³-hybridized carbons (Fsp3) is 0.533. The standard InChI is InChI=1S/C15H19BrN2O/c16-11-7-8-14-13(9-11)17-15(19)10-18(14)12-5-3-1-2-4-6-12/h7-9,12H,1-6,10H2,(H,17,19). The SMILES string of the molecule is O=C1CN(C2CCCCCC2)c2ccc(Br)cc2N1. The topological polar surface area (TPSA) is 32.3 Å². The fourth-order valence-corrected chi connectivity index (χ4v) is 3.54. The predicted molar refractivity (Wildman–Crippen MR) is 81.6 cm³/mol. The minimum Gasteiger partial charge on any atom is -0.358 e. The van der Waals surface area contributed by atoms with Crippen LogP contribution < -0.4 is 10.2 Å². The molecule has 0 unspecified atom stereocenters. The van der Waals surface area contributed by atoms with Crippen LogP contribution in [-0.2, 0) is 4.79 Å². The van der Waals surface area contributed by atoms with E-state index in [1.54, 1.807) is 0 Å². The maximum atomic E-state index is 11.9. The highest BCUT2D eigenvalue weighted by atomic mass is 79.9. The van der Waals surface area contributed by atoms with Gasteiger partial charge in [0.05, 0.1) is 17.9 Å². The van der Waals surface area contributed by atoms with E-state index in [1.165, 1.54) is 44.2 Å². The molecule has 1 fully saturated rings. The van der Waals surface area contributed by atoms with E-state index in [4.69, 9.17) is 0 Å². The summed E-state index contributed by atoms with van der Waals surface area (Å²) >= 11 is 3.47. The summed E-state index contributed by atoms with van der Waals surface area (Å²) in [5.41, 5.74) is 2.12. The molecule has 1 aliphatic carbocycles. The quantitative estimate of drug-likeness (QED) is 0.794. The second-order valence-corrected chi connectivity index (χ2v) is 6.40. The van der Waals surface area contributed by atoms with Gasteiger partial charge in [0.2, 0.25) is 5.91 Å². The van der Waals surface area contributed by atoms with E-state index in [1.807, 2.05) is 6.07 Å². The third-order valence-electron chi connectivity index (χ3n) is 4.12.